The highest BCUT2D eigenvalue weighted by Crippen LogP contribution is 2.29. The molecule has 0 aliphatic heterocycles. The van der Waals surface area contributed by atoms with E-state index in [-0.39, 0.29) is 18.9 Å². The van der Waals surface area contributed by atoms with Gasteiger partial charge in [-0.3, -0.25) is 9.10 Å². The van der Waals surface area contributed by atoms with Crippen molar-refractivity contribution in [3.8, 4) is 11.5 Å². The first kappa shape index (κ1) is 25.8. The van der Waals surface area contributed by atoms with Gasteiger partial charge in [-0.2, -0.15) is 0 Å². The largest absolute Gasteiger partial charge is 0.490 e. The second-order valence-electron chi connectivity index (χ2n) is 7.25. The number of nitrogens with zero attached hydrogens (tertiary/aromatic N) is 1. The Bertz CT molecular complexity index is 1030. The van der Waals surface area contributed by atoms with Crippen LogP contribution >= 0.6 is 11.6 Å². The summed E-state index contributed by atoms with van der Waals surface area (Å²) in [5.74, 6) is 1.15. The van der Waals surface area contributed by atoms with Crippen LogP contribution in [0.5, 0.6) is 11.5 Å². The van der Waals surface area contributed by atoms with Crippen LogP contribution in [-0.2, 0) is 21.4 Å². The number of carbonyl (C=O) groups excluding carboxylic acids is 1. The molecule has 2 rings (SSSR count). The molecule has 0 aliphatic rings. The van der Waals surface area contributed by atoms with E-state index >= 15 is 0 Å². The van der Waals surface area contributed by atoms with Crippen LogP contribution in [0.25, 0.3) is 0 Å². The molecule has 2 aromatic carbocycles. The number of anilines is 1. The molecule has 32 heavy (non-hydrogen) atoms. The van der Waals surface area contributed by atoms with E-state index in [4.69, 9.17) is 21.1 Å². The summed E-state index contributed by atoms with van der Waals surface area (Å²) in [6.07, 6.45) is 1.72. The summed E-state index contributed by atoms with van der Waals surface area (Å²) < 4.78 is 37.1. The number of rotatable bonds is 12. The smallest absolute Gasteiger partial charge is 0.232 e. The third kappa shape index (κ3) is 7.31. The van der Waals surface area contributed by atoms with Crippen LogP contribution in [0.4, 0.5) is 5.69 Å². The molecule has 0 fully saturated rings. The van der Waals surface area contributed by atoms with Crippen molar-refractivity contribution in [2.24, 2.45) is 0 Å². The average molecular weight is 483 g/mol. The number of halogens is 1. The molecule has 0 bridgehead atoms. The van der Waals surface area contributed by atoms with E-state index in [0.717, 1.165) is 11.8 Å². The second kappa shape index (κ2) is 12.0. The molecule has 0 unspecified atom stereocenters. The summed E-state index contributed by atoms with van der Waals surface area (Å²) in [5.41, 5.74) is 2.10. The molecule has 0 aromatic heterocycles. The van der Waals surface area contributed by atoms with Crippen LogP contribution in [0.15, 0.2) is 36.4 Å². The molecule has 1 amide bonds. The van der Waals surface area contributed by atoms with Gasteiger partial charge in [0.25, 0.3) is 0 Å². The summed E-state index contributed by atoms with van der Waals surface area (Å²) in [6.45, 7) is 7.15. The Morgan fingerprint density at radius 3 is 2.44 bits per heavy atom. The number of sulfonamides is 1. The van der Waals surface area contributed by atoms with Crippen molar-refractivity contribution in [3.05, 3.63) is 52.5 Å². The van der Waals surface area contributed by atoms with Crippen molar-refractivity contribution in [2.75, 3.05) is 30.3 Å². The van der Waals surface area contributed by atoms with Gasteiger partial charge >= 0.3 is 0 Å². The van der Waals surface area contributed by atoms with Gasteiger partial charge in [0.05, 0.1) is 25.2 Å². The normalized spacial score (nSPS) is 11.2. The number of nitrogens with one attached hydrogen (secondary N) is 1. The van der Waals surface area contributed by atoms with E-state index < -0.39 is 10.0 Å². The Hall–Kier alpha value is -2.45. The monoisotopic (exact) mass is 482 g/mol. The molecular weight excluding hydrogens is 452 g/mol. The SMILES string of the molecule is CCOc1ccc(CNC(=O)CCCN(c2cccc(Cl)c2C)S(C)(=O)=O)cc1OCC. The topological polar surface area (TPSA) is 84.9 Å². The van der Waals surface area contributed by atoms with Gasteiger partial charge in [0.2, 0.25) is 15.9 Å². The van der Waals surface area contributed by atoms with Crippen LogP contribution in [-0.4, -0.2) is 40.3 Å². The fourth-order valence-electron chi connectivity index (χ4n) is 3.21. The Morgan fingerprint density at radius 1 is 1.09 bits per heavy atom. The first-order chi connectivity index (χ1) is 15.2. The van der Waals surface area contributed by atoms with E-state index in [9.17, 15) is 13.2 Å². The maximum atomic E-state index is 12.3. The number of amides is 1. The van der Waals surface area contributed by atoms with Gasteiger partial charge in [-0.25, -0.2) is 8.42 Å². The van der Waals surface area contributed by atoms with Gasteiger partial charge in [-0.05, 0) is 62.6 Å². The van der Waals surface area contributed by atoms with E-state index in [1.165, 1.54) is 4.31 Å². The molecule has 0 saturated heterocycles. The first-order valence-corrected chi connectivity index (χ1v) is 12.8. The standard InChI is InChI=1S/C23H31ClN2O5S/c1-5-30-21-13-12-18(15-22(21)31-6-2)16-25-23(27)11-8-14-26(32(4,28)29)20-10-7-9-19(24)17(20)3/h7,9-10,12-13,15H,5-6,8,11,14,16H2,1-4H3,(H,25,27). The van der Waals surface area contributed by atoms with Gasteiger partial charge in [-0.1, -0.05) is 23.7 Å². The maximum Gasteiger partial charge on any atom is 0.232 e. The molecule has 7 nitrogen and oxygen atoms in total. The highest BCUT2D eigenvalue weighted by Gasteiger charge is 2.20. The lowest BCUT2D eigenvalue weighted by Crippen LogP contribution is -2.32. The van der Waals surface area contributed by atoms with E-state index in [1.54, 1.807) is 25.1 Å². The van der Waals surface area contributed by atoms with E-state index in [1.807, 2.05) is 32.0 Å². The Kier molecular flexibility index (Phi) is 9.65. The van der Waals surface area contributed by atoms with Crippen LogP contribution in [0, 0.1) is 6.92 Å². The predicted octanol–water partition coefficient (Wildman–Crippen LogP) is 4.31. The van der Waals surface area contributed by atoms with Crippen LogP contribution in [0.3, 0.4) is 0 Å². The van der Waals surface area contributed by atoms with Crippen molar-refractivity contribution in [1.29, 1.82) is 0 Å². The molecule has 0 atom stereocenters. The van der Waals surface area contributed by atoms with Crippen LogP contribution in [0.1, 0.15) is 37.8 Å². The molecule has 2 aromatic rings. The highest BCUT2D eigenvalue weighted by molar-refractivity contribution is 7.92. The van der Waals surface area contributed by atoms with Gasteiger partial charge in [0, 0.05) is 24.5 Å². The van der Waals surface area contributed by atoms with E-state index in [2.05, 4.69) is 5.32 Å². The molecule has 0 radical (unpaired) electrons. The lowest BCUT2D eigenvalue weighted by atomic mass is 10.2. The van der Waals surface area contributed by atoms with Gasteiger partial charge in [0.15, 0.2) is 11.5 Å². The fourth-order valence-corrected chi connectivity index (χ4v) is 4.39. The van der Waals surface area contributed by atoms with Crippen molar-refractivity contribution in [2.45, 2.75) is 40.2 Å². The average Bonchev–Trinajstić information content (AvgIpc) is 2.73. The Labute approximate surface area is 195 Å². The summed E-state index contributed by atoms with van der Waals surface area (Å²) in [5, 5.41) is 3.36. The zero-order chi connectivity index (χ0) is 23.7. The minimum Gasteiger partial charge on any atom is -0.490 e. The zero-order valence-electron chi connectivity index (χ0n) is 19.0. The summed E-state index contributed by atoms with van der Waals surface area (Å²) in [7, 11) is -3.51. The van der Waals surface area contributed by atoms with Gasteiger partial charge in [-0.15, -0.1) is 0 Å². The lowest BCUT2D eigenvalue weighted by Gasteiger charge is -2.24. The molecule has 0 aliphatic carbocycles. The fraction of sp³-hybridized carbons (Fsp3) is 0.435. The number of benzene rings is 2. The van der Waals surface area contributed by atoms with Crippen molar-refractivity contribution in [1.82, 2.24) is 5.32 Å². The van der Waals surface area contributed by atoms with Gasteiger partial charge < -0.3 is 14.8 Å². The summed E-state index contributed by atoms with van der Waals surface area (Å²) in [6, 6.07) is 10.7. The van der Waals surface area contributed by atoms with Crippen molar-refractivity contribution < 1.29 is 22.7 Å². The molecule has 9 heteroatoms. The number of hydrogen-bond donors (Lipinski definition) is 1. The quantitative estimate of drug-likeness (QED) is 0.487. The third-order valence-corrected chi connectivity index (χ3v) is 6.36. The number of carbonyl (C=O) groups is 1. The Morgan fingerprint density at radius 2 is 1.78 bits per heavy atom. The Balaban J connectivity index is 1.94. The maximum absolute atomic E-state index is 12.3. The number of hydrogen-bond acceptors (Lipinski definition) is 5. The van der Waals surface area contributed by atoms with E-state index in [0.29, 0.717) is 54.0 Å². The van der Waals surface area contributed by atoms with Gasteiger partial charge in [0.1, 0.15) is 0 Å². The third-order valence-electron chi connectivity index (χ3n) is 4.77. The van der Waals surface area contributed by atoms with Crippen LogP contribution < -0.4 is 19.1 Å². The number of ether oxygens (including phenoxy) is 2. The van der Waals surface area contributed by atoms with Crippen LogP contribution in [0.2, 0.25) is 5.02 Å². The molecule has 1 N–H and O–H groups in total. The molecule has 0 heterocycles. The zero-order valence-corrected chi connectivity index (χ0v) is 20.6. The molecule has 0 spiro atoms. The second-order valence-corrected chi connectivity index (χ2v) is 9.56. The lowest BCUT2D eigenvalue weighted by molar-refractivity contribution is -0.121. The molecule has 0 saturated carbocycles. The highest BCUT2D eigenvalue weighted by atomic mass is 35.5. The summed E-state index contributed by atoms with van der Waals surface area (Å²) in [4.78, 5) is 12.3. The van der Waals surface area contributed by atoms with Crippen molar-refractivity contribution in [3.63, 3.8) is 0 Å². The molecular formula is C23H31ClN2O5S. The minimum atomic E-state index is -3.51. The summed E-state index contributed by atoms with van der Waals surface area (Å²) >= 11 is 6.15. The first-order valence-electron chi connectivity index (χ1n) is 10.5. The molecule has 176 valence electrons. The van der Waals surface area contributed by atoms with Crippen molar-refractivity contribution >= 4 is 33.2 Å². The predicted molar refractivity (Wildman–Crippen MR) is 128 cm³/mol. The minimum absolute atomic E-state index is 0.159.